The predicted octanol–water partition coefficient (Wildman–Crippen LogP) is 4.06. The number of benzene rings is 3. The molecule has 1 amide bonds. The molecule has 0 saturated heterocycles. The second-order valence-corrected chi connectivity index (χ2v) is 8.86. The highest BCUT2D eigenvalue weighted by Gasteiger charge is 2.21. The van der Waals surface area contributed by atoms with Crippen LogP contribution in [0.1, 0.15) is 15.9 Å². The van der Waals surface area contributed by atoms with Crippen molar-refractivity contribution in [1.29, 1.82) is 0 Å². The van der Waals surface area contributed by atoms with E-state index >= 15 is 0 Å². The van der Waals surface area contributed by atoms with Crippen LogP contribution >= 0.6 is 0 Å². The summed E-state index contributed by atoms with van der Waals surface area (Å²) in [5.74, 6) is 0.238. The van der Waals surface area contributed by atoms with Gasteiger partial charge in [-0.1, -0.05) is 0 Å². The first-order valence-electron chi connectivity index (χ1n) is 9.57. The van der Waals surface area contributed by atoms with E-state index in [-0.39, 0.29) is 12.5 Å². The van der Waals surface area contributed by atoms with E-state index in [1.54, 1.807) is 49.6 Å². The quantitative estimate of drug-likeness (QED) is 0.550. The molecule has 0 atom stereocenters. The molecule has 7 nitrogen and oxygen atoms in total. The second-order valence-electron chi connectivity index (χ2n) is 6.96. The van der Waals surface area contributed by atoms with Crippen LogP contribution in [-0.2, 0) is 16.6 Å². The minimum atomic E-state index is -3.70. The van der Waals surface area contributed by atoms with Crippen LogP contribution in [0, 0.1) is 5.82 Å². The van der Waals surface area contributed by atoms with Crippen LogP contribution in [0.4, 0.5) is 15.8 Å². The lowest BCUT2D eigenvalue weighted by molar-refractivity contribution is 0.102. The SMILES string of the molecule is COc1ccc(NC(=O)c2ccc(OC)c(CN(c3ccc(F)cc3)S(C)(=O)=O)c2)cc1. The van der Waals surface area contributed by atoms with Crippen molar-refractivity contribution in [3.05, 3.63) is 83.7 Å². The molecule has 3 aromatic rings. The number of rotatable bonds is 8. The van der Waals surface area contributed by atoms with E-state index < -0.39 is 15.8 Å². The zero-order valence-electron chi connectivity index (χ0n) is 17.8. The molecule has 1 N–H and O–H groups in total. The average molecular weight is 459 g/mol. The van der Waals surface area contributed by atoms with Crippen molar-refractivity contribution < 1.29 is 27.1 Å². The fourth-order valence-corrected chi connectivity index (χ4v) is 3.96. The number of halogens is 1. The highest BCUT2D eigenvalue weighted by Crippen LogP contribution is 2.27. The van der Waals surface area contributed by atoms with Gasteiger partial charge in [0.1, 0.15) is 17.3 Å². The lowest BCUT2D eigenvalue weighted by Gasteiger charge is -2.24. The van der Waals surface area contributed by atoms with Crippen LogP contribution in [0.3, 0.4) is 0 Å². The van der Waals surface area contributed by atoms with Gasteiger partial charge in [-0.15, -0.1) is 0 Å². The first-order valence-corrected chi connectivity index (χ1v) is 11.4. The molecule has 0 spiro atoms. The summed E-state index contributed by atoms with van der Waals surface area (Å²) in [6.45, 7) is -0.0999. The monoisotopic (exact) mass is 458 g/mol. The Labute approximate surface area is 186 Å². The van der Waals surface area contributed by atoms with Crippen LogP contribution in [0.5, 0.6) is 11.5 Å². The lowest BCUT2D eigenvalue weighted by atomic mass is 10.1. The third-order valence-electron chi connectivity index (χ3n) is 4.72. The van der Waals surface area contributed by atoms with Gasteiger partial charge in [0.15, 0.2) is 0 Å². The number of methoxy groups -OCH3 is 2. The molecule has 0 bridgehead atoms. The highest BCUT2D eigenvalue weighted by molar-refractivity contribution is 7.92. The van der Waals surface area contributed by atoms with Gasteiger partial charge in [-0.25, -0.2) is 12.8 Å². The van der Waals surface area contributed by atoms with Crippen molar-refractivity contribution in [2.75, 3.05) is 30.1 Å². The molecule has 0 radical (unpaired) electrons. The number of carbonyl (C=O) groups excluding carboxylic acids is 1. The molecule has 0 aliphatic rings. The van der Waals surface area contributed by atoms with E-state index in [0.29, 0.717) is 34.0 Å². The summed E-state index contributed by atoms with van der Waals surface area (Å²) in [4.78, 5) is 12.8. The van der Waals surface area contributed by atoms with Crippen LogP contribution in [0.15, 0.2) is 66.7 Å². The summed E-state index contributed by atoms with van der Waals surface area (Å²) >= 11 is 0. The summed E-state index contributed by atoms with van der Waals surface area (Å²) in [6, 6.07) is 16.7. The number of hydrogen-bond acceptors (Lipinski definition) is 5. The molecule has 0 fully saturated rings. The van der Waals surface area contributed by atoms with Crippen LogP contribution in [-0.4, -0.2) is 34.8 Å². The van der Waals surface area contributed by atoms with E-state index in [4.69, 9.17) is 9.47 Å². The number of sulfonamides is 1. The Balaban J connectivity index is 1.90. The predicted molar refractivity (Wildman–Crippen MR) is 121 cm³/mol. The van der Waals surface area contributed by atoms with Gasteiger partial charge in [0.2, 0.25) is 10.0 Å². The van der Waals surface area contributed by atoms with Crippen molar-refractivity contribution >= 4 is 27.3 Å². The number of carbonyl (C=O) groups is 1. The van der Waals surface area contributed by atoms with Gasteiger partial charge in [0.05, 0.1) is 32.7 Å². The van der Waals surface area contributed by atoms with E-state index in [9.17, 15) is 17.6 Å². The lowest BCUT2D eigenvalue weighted by Crippen LogP contribution is -2.29. The third-order valence-corrected chi connectivity index (χ3v) is 5.86. The van der Waals surface area contributed by atoms with Crippen molar-refractivity contribution in [2.24, 2.45) is 0 Å². The zero-order valence-corrected chi connectivity index (χ0v) is 18.6. The molecular weight excluding hydrogens is 435 g/mol. The fourth-order valence-electron chi connectivity index (χ4n) is 3.08. The number of amides is 1. The largest absolute Gasteiger partial charge is 0.497 e. The van der Waals surface area contributed by atoms with Gasteiger partial charge < -0.3 is 14.8 Å². The van der Waals surface area contributed by atoms with Gasteiger partial charge >= 0.3 is 0 Å². The van der Waals surface area contributed by atoms with Gasteiger partial charge in [0.25, 0.3) is 5.91 Å². The Morgan fingerprint density at radius 1 is 0.969 bits per heavy atom. The number of ether oxygens (including phenoxy) is 2. The third kappa shape index (κ3) is 5.55. The van der Waals surface area contributed by atoms with Gasteiger partial charge in [0, 0.05) is 16.8 Å². The molecule has 0 aliphatic carbocycles. The Morgan fingerprint density at radius 3 is 2.19 bits per heavy atom. The zero-order chi connectivity index (χ0) is 23.3. The van der Waals surface area contributed by atoms with Crippen molar-refractivity contribution in [1.82, 2.24) is 0 Å². The Kier molecular flexibility index (Phi) is 6.99. The van der Waals surface area contributed by atoms with Crippen LogP contribution in [0.25, 0.3) is 0 Å². The molecule has 0 unspecified atom stereocenters. The number of nitrogens with one attached hydrogen (secondary N) is 1. The minimum Gasteiger partial charge on any atom is -0.497 e. The van der Waals surface area contributed by atoms with Crippen LogP contribution < -0.4 is 19.1 Å². The van der Waals surface area contributed by atoms with Crippen molar-refractivity contribution in [3.8, 4) is 11.5 Å². The normalized spacial score (nSPS) is 11.0. The van der Waals surface area contributed by atoms with E-state index in [2.05, 4.69) is 5.32 Å². The Morgan fingerprint density at radius 2 is 1.62 bits per heavy atom. The minimum absolute atomic E-state index is 0.0999. The smallest absolute Gasteiger partial charge is 0.255 e. The fraction of sp³-hybridized carbons (Fsp3) is 0.174. The summed E-state index contributed by atoms with van der Waals surface area (Å²) in [7, 11) is -0.689. The maximum atomic E-state index is 13.3. The molecule has 0 heterocycles. The van der Waals surface area contributed by atoms with E-state index in [1.807, 2.05) is 0 Å². The molecule has 0 aromatic heterocycles. The molecule has 3 aromatic carbocycles. The molecule has 168 valence electrons. The number of hydrogen-bond donors (Lipinski definition) is 1. The molecular formula is C23H23FN2O5S. The summed E-state index contributed by atoms with van der Waals surface area (Å²) < 4.78 is 49.8. The molecule has 0 aliphatic heterocycles. The van der Waals surface area contributed by atoms with Gasteiger partial charge in [-0.2, -0.15) is 0 Å². The summed E-state index contributed by atoms with van der Waals surface area (Å²) in [5.41, 5.74) is 1.68. The van der Waals surface area contributed by atoms with Crippen molar-refractivity contribution in [2.45, 2.75) is 6.54 Å². The molecule has 3 rings (SSSR count). The number of anilines is 2. The standard InChI is InChI=1S/C23H23FN2O5S/c1-30-21-11-7-19(8-12-21)25-23(27)16-4-13-22(31-2)17(14-16)15-26(32(3,28)29)20-9-5-18(24)6-10-20/h4-14H,15H2,1-3H3,(H,25,27). The summed E-state index contributed by atoms with van der Waals surface area (Å²) in [5, 5.41) is 2.79. The first-order chi connectivity index (χ1) is 15.2. The maximum absolute atomic E-state index is 13.3. The van der Waals surface area contributed by atoms with Gasteiger partial charge in [-0.3, -0.25) is 9.10 Å². The van der Waals surface area contributed by atoms with Gasteiger partial charge in [-0.05, 0) is 66.7 Å². The Bertz CT molecular complexity index is 1200. The van der Waals surface area contributed by atoms with E-state index in [1.165, 1.54) is 31.4 Å². The molecule has 0 saturated carbocycles. The average Bonchev–Trinajstić information content (AvgIpc) is 2.77. The highest BCUT2D eigenvalue weighted by atomic mass is 32.2. The van der Waals surface area contributed by atoms with E-state index in [0.717, 1.165) is 10.6 Å². The Hall–Kier alpha value is -3.59. The second kappa shape index (κ2) is 9.69. The van der Waals surface area contributed by atoms with Crippen LogP contribution in [0.2, 0.25) is 0 Å². The molecule has 32 heavy (non-hydrogen) atoms. The summed E-state index contributed by atoms with van der Waals surface area (Å²) in [6.07, 6.45) is 1.06. The first kappa shape index (κ1) is 23.1. The van der Waals surface area contributed by atoms with Crippen molar-refractivity contribution in [3.63, 3.8) is 0 Å². The number of nitrogens with zero attached hydrogens (tertiary/aromatic N) is 1. The topological polar surface area (TPSA) is 84.9 Å². The maximum Gasteiger partial charge on any atom is 0.255 e. The molecule has 9 heteroatoms.